The minimum Gasteiger partial charge on any atom is -0.324 e. The second-order valence-corrected chi connectivity index (χ2v) is 3.96. The standard InChI is InChI=1S/C12H18N2/c1-2-14-11-8-4-6-9-5-3-7-10(13)12(9)11/h3-7,10-12,14H,2,8,13H2,1H3. The number of allylic oxidation sites excluding steroid dienone is 3. The summed E-state index contributed by atoms with van der Waals surface area (Å²) in [7, 11) is 0. The zero-order valence-corrected chi connectivity index (χ0v) is 8.61. The fraction of sp³-hybridized carbons (Fsp3) is 0.500. The molecule has 2 heteroatoms. The summed E-state index contributed by atoms with van der Waals surface area (Å²) in [4.78, 5) is 0. The third-order valence-corrected chi connectivity index (χ3v) is 3.02. The van der Waals surface area contributed by atoms with E-state index in [1.165, 1.54) is 5.57 Å². The molecule has 0 saturated carbocycles. The van der Waals surface area contributed by atoms with Crippen molar-refractivity contribution >= 4 is 0 Å². The van der Waals surface area contributed by atoms with Gasteiger partial charge in [0.25, 0.3) is 0 Å². The zero-order chi connectivity index (χ0) is 9.97. The summed E-state index contributed by atoms with van der Waals surface area (Å²) in [6.07, 6.45) is 11.9. The van der Waals surface area contributed by atoms with Gasteiger partial charge in [0.15, 0.2) is 0 Å². The number of rotatable bonds is 2. The van der Waals surface area contributed by atoms with E-state index >= 15 is 0 Å². The first-order valence-electron chi connectivity index (χ1n) is 5.37. The van der Waals surface area contributed by atoms with E-state index in [1.54, 1.807) is 0 Å². The fourth-order valence-electron chi connectivity index (χ4n) is 2.39. The van der Waals surface area contributed by atoms with Crippen LogP contribution in [0.25, 0.3) is 0 Å². The van der Waals surface area contributed by atoms with Gasteiger partial charge in [-0.15, -0.1) is 0 Å². The molecule has 2 aliphatic carbocycles. The lowest BCUT2D eigenvalue weighted by Crippen LogP contribution is -2.47. The maximum Gasteiger partial charge on any atom is 0.0311 e. The average Bonchev–Trinajstić information content (AvgIpc) is 2.19. The number of hydrogen-bond donors (Lipinski definition) is 2. The van der Waals surface area contributed by atoms with Crippen molar-refractivity contribution < 1.29 is 0 Å². The van der Waals surface area contributed by atoms with E-state index in [0.29, 0.717) is 12.0 Å². The molecule has 3 unspecified atom stereocenters. The lowest BCUT2D eigenvalue weighted by molar-refractivity contribution is 0.370. The van der Waals surface area contributed by atoms with Gasteiger partial charge >= 0.3 is 0 Å². The van der Waals surface area contributed by atoms with Crippen molar-refractivity contribution in [3.63, 3.8) is 0 Å². The van der Waals surface area contributed by atoms with Crippen LogP contribution in [0.15, 0.2) is 36.0 Å². The van der Waals surface area contributed by atoms with Gasteiger partial charge in [0, 0.05) is 18.0 Å². The van der Waals surface area contributed by atoms with Gasteiger partial charge in [-0.3, -0.25) is 0 Å². The Labute approximate surface area is 85.6 Å². The van der Waals surface area contributed by atoms with Gasteiger partial charge in [0.05, 0.1) is 0 Å². The molecule has 2 nitrogen and oxygen atoms in total. The minimum atomic E-state index is 0.170. The number of fused-ring (bicyclic) bond motifs is 1. The van der Waals surface area contributed by atoms with Crippen molar-refractivity contribution in [1.29, 1.82) is 0 Å². The summed E-state index contributed by atoms with van der Waals surface area (Å²) in [6, 6.07) is 0.681. The van der Waals surface area contributed by atoms with E-state index in [2.05, 4.69) is 42.6 Å². The van der Waals surface area contributed by atoms with Gasteiger partial charge in [-0.1, -0.05) is 37.3 Å². The van der Waals surface area contributed by atoms with Crippen LogP contribution in [0.4, 0.5) is 0 Å². The van der Waals surface area contributed by atoms with E-state index < -0.39 is 0 Å². The van der Waals surface area contributed by atoms with E-state index in [-0.39, 0.29) is 6.04 Å². The van der Waals surface area contributed by atoms with Gasteiger partial charge in [-0.2, -0.15) is 0 Å². The van der Waals surface area contributed by atoms with Crippen LogP contribution in [0.2, 0.25) is 0 Å². The van der Waals surface area contributed by atoms with Crippen molar-refractivity contribution in [2.24, 2.45) is 11.7 Å². The van der Waals surface area contributed by atoms with Crippen LogP contribution in [0.1, 0.15) is 13.3 Å². The molecule has 0 aromatic rings. The molecule has 0 radical (unpaired) electrons. The van der Waals surface area contributed by atoms with E-state index in [0.717, 1.165) is 13.0 Å². The highest BCUT2D eigenvalue weighted by molar-refractivity contribution is 5.37. The molecule has 0 bridgehead atoms. The topological polar surface area (TPSA) is 38.0 Å². The Morgan fingerprint density at radius 2 is 2.43 bits per heavy atom. The van der Waals surface area contributed by atoms with Crippen LogP contribution in [-0.2, 0) is 0 Å². The Hall–Kier alpha value is -0.860. The highest BCUT2D eigenvalue weighted by Gasteiger charge is 2.30. The third-order valence-electron chi connectivity index (χ3n) is 3.02. The normalized spacial score (nSPS) is 35.3. The molecular formula is C12H18N2. The Balaban J connectivity index is 2.21. The van der Waals surface area contributed by atoms with Gasteiger partial charge in [-0.05, 0) is 18.5 Å². The smallest absolute Gasteiger partial charge is 0.0311 e. The molecule has 0 aliphatic heterocycles. The molecule has 0 aromatic heterocycles. The van der Waals surface area contributed by atoms with Crippen molar-refractivity contribution in [1.82, 2.24) is 5.32 Å². The van der Waals surface area contributed by atoms with Crippen LogP contribution in [0, 0.1) is 5.92 Å². The molecule has 0 saturated heterocycles. The van der Waals surface area contributed by atoms with Gasteiger partial charge in [0.1, 0.15) is 0 Å². The fourth-order valence-corrected chi connectivity index (χ4v) is 2.39. The van der Waals surface area contributed by atoms with Gasteiger partial charge < -0.3 is 11.1 Å². The first kappa shape index (κ1) is 9.69. The van der Waals surface area contributed by atoms with Gasteiger partial charge in [-0.25, -0.2) is 0 Å². The van der Waals surface area contributed by atoms with Crippen molar-refractivity contribution in [2.75, 3.05) is 6.54 Å². The first-order chi connectivity index (χ1) is 6.83. The minimum absolute atomic E-state index is 0.170. The molecular weight excluding hydrogens is 172 g/mol. The lowest BCUT2D eigenvalue weighted by Gasteiger charge is -2.35. The van der Waals surface area contributed by atoms with E-state index in [1.807, 2.05) is 0 Å². The van der Waals surface area contributed by atoms with Crippen LogP contribution in [-0.4, -0.2) is 18.6 Å². The molecule has 76 valence electrons. The largest absolute Gasteiger partial charge is 0.324 e. The third kappa shape index (κ3) is 1.68. The predicted molar refractivity (Wildman–Crippen MR) is 59.9 cm³/mol. The quantitative estimate of drug-likeness (QED) is 0.690. The summed E-state index contributed by atoms with van der Waals surface area (Å²) in [5.41, 5.74) is 7.48. The molecule has 0 heterocycles. The maximum absolute atomic E-state index is 6.11. The monoisotopic (exact) mass is 190 g/mol. The summed E-state index contributed by atoms with van der Waals surface area (Å²) in [5.74, 6) is 0.463. The molecule has 14 heavy (non-hydrogen) atoms. The van der Waals surface area contributed by atoms with Crippen LogP contribution in [0.3, 0.4) is 0 Å². The summed E-state index contributed by atoms with van der Waals surface area (Å²) >= 11 is 0. The Morgan fingerprint density at radius 3 is 3.21 bits per heavy atom. The molecule has 0 amide bonds. The molecule has 0 spiro atoms. The summed E-state index contributed by atoms with van der Waals surface area (Å²) in [5, 5.41) is 3.51. The second-order valence-electron chi connectivity index (χ2n) is 3.96. The lowest BCUT2D eigenvalue weighted by atomic mass is 9.77. The molecule has 0 fully saturated rings. The highest BCUT2D eigenvalue weighted by atomic mass is 14.9. The predicted octanol–water partition coefficient (Wildman–Crippen LogP) is 1.36. The first-order valence-corrected chi connectivity index (χ1v) is 5.37. The van der Waals surface area contributed by atoms with Crippen molar-refractivity contribution in [3.05, 3.63) is 36.0 Å². The molecule has 3 atom stereocenters. The zero-order valence-electron chi connectivity index (χ0n) is 8.61. The average molecular weight is 190 g/mol. The van der Waals surface area contributed by atoms with Gasteiger partial charge in [0.2, 0.25) is 0 Å². The number of hydrogen-bond acceptors (Lipinski definition) is 2. The Bertz CT molecular complexity index is 289. The highest BCUT2D eigenvalue weighted by Crippen LogP contribution is 2.29. The SMILES string of the molecule is CCNC1CC=CC2=CC=CC(N)C21. The Kier molecular flexibility index (Phi) is 2.85. The van der Waals surface area contributed by atoms with E-state index in [9.17, 15) is 0 Å². The van der Waals surface area contributed by atoms with Crippen LogP contribution >= 0.6 is 0 Å². The van der Waals surface area contributed by atoms with Crippen LogP contribution < -0.4 is 11.1 Å². The second kappa shape index (κ2) is 4.11. The molecule has 3 N–H and O–H groups in total. The summed E-state index contributed by atoms with van der Waals surface area (Å²) < 4.78 is 0. The molecule has 2 rings (SSSR count). The van der Waals surface area contributed by atoms with Crippen molar-refractivity contribution in [3.8, 4) is 0 Å². The Morgan fingerprint density at radius 1 is 1.57 bits per heavy atom. The maximum atomic E-state index is 6.11. The van der Waals surface area contributed by atoms with Crippen molar-refractivity contribution in [2.45, 2.75) is 25.4 Å². The number of nitrogens with one attached hydrogen (secondary N) is 1. The summed E-state index contributed by atoms with van der Waals surface area (Å²) in [6.45, 7) is 3.16. The van der Waals surface area contributed by atoms with Crippen LogP contribution in [0.5, 0.6) is 0 Å². The molecule has 2 aliphatic rings. The van der Waals surface area contributed by atoms with E-state index in [4.69, 9.17) is 5.73 Å². The number of nitrogens with two attached hydrogens (primary N) is 1. The molecule has 0 aromatic carbocycles.